The van der Waals surface area contributed by atoms with E-state index < -0.39 is 47.8 Å². The van der Waals surface area contributed by atoms with Crippen molar-refractivity contribution in [2.75, 3.05) is 38.2 Å². The van der Waals surface area contributed by atoms with Crippen LogP contribution in [-0.4, -0.2) is 92.1 Å². The fourth-order valence-electron chi connectivity index (χ4n) is 7.57. The quantitative estimate of drug-likeness (QED) is 0.179. The molecule has 11 nitrogen and oxygen atoms in total. The van der Waals surface area contributed by atoms with Crippen molar-refractivity contribution in [1.29, 1.82) is 0 Å². The summed E-state index contributed by atoms with van der Waals surface area (Å²) < 4.78 is 29.5. The van der Waals surface area contributed by atoms with Gasteiger partial charge in [-0.25, -0.2) is 4.79 Å². The van der Waals surface area contributed by atoms with E-state index in [0.717, 1.165) is 42.6 Å². The van der Waals surface area contributed by atoms with Crippen molar-refractivity contribution < 1.29 is 43.2 Å². The van der Waals surface area contributed by atoms with E-state index in [1.807, 2.05) is 49.8 Å². The van der Waals surface area contributed by atoms with Crippen LogP contribution >= 0.6 is 33.2 Å². The van der Waals surface area contributed by atoms with Gasteiger partial charge in [0, 0.05) is 32.2 Å². The number of alkyl carbamates (subject to hydrolysis) is 1. The summed E-state index contributed by atoms with van der Waals surface area (Å²) in [4.78, 5) is 42.2. The fourth-order valence-corrected chi connectivity index (χ4v) is 9.53. The van der Waals surface area contributed by atoms with E-state index in [4.69, 9.17) is 35.3 Å². The molecule has 3 heterocycles. The Kier molecular flexibility index (Phi) is 13.0. The highest BCUT2D eigenvalue weighted by Crippen LogP contribution is 2.49. The van der Waals surface area contributed by atoms with Crippen molar-refractivity contribution >= 4 is 56.8 Å². The zero-order chi connectivity index (χ0) is 37.1. The number of allylic oxidation sites excluding steroid dienone is 3. The highest BCUT2D eigenvalue weighted by molar-refractivity contribution is 8.76. The number of fused-ring (bicyclic) bond motifs is 5. The van der Waals surface area contributed by atoms with E-state index in [1.54, 1.807) is 30.0 Å². The molecular formula is C37H51ClN2O9S2. The molecular weight excluding hydrogens is 716 g/mol. The Morgan fingerprint density at radius 1 is 1.20 bits per heavy atom. The lowest BCUT2D eigenvalue weighted by molar-refractivity contribution is -0.160. The van der Waals surface area contributed by atoms with Crippen molar-refractivity contribution in [2.45, 2.75) is 101 Å². The number of hydrogen-bond acceptors (Lipinski definition) is 11. The molecule has 7 atom stereocenters. The molecule has 0 aromatic heterocycles. The number of nitrogens with one attached hydrogen (secondary N) is 1. The Morgan fingerprint density at radius 3 is 2.59 bits per heavy atom. The van der Waals surface area contributed by atoms with Crippen molar-refractivity contribution in [3.8, 4) is 5.75 Å². The molecule has 1 aliphatic carbocycles. The molecule has 3 aliphatic heterocycles. The van der Waals surface area contributed by atoms with E-state index >= 15 is 0 Å². The largest absolute Gasteiger partial charge is 0.495 e. The number of amides is 2. The summed E-state index contributed by atoms with van der Waals surface area (Å²) in [5, 5.41) is 14.6. The lowest BCUT2D eigenvalue weighted by Crippen LogP contribution is -2.63. The average Bonchev–Trinajstić information content (AvgIpc) is 3.80. The Morgan fingerprint density at radius 2 is 1.92 bits per heavy atom. The molecule has 282 valence electrons. The van der Waals surface area contributed by atoms with Crippen LogP contribution in [0.25, 0.3) is 0 Å². The van der Waals surface area contributed by atoms with Crippen LogP contribution in [0.5, 0.6) is 5.75 Å². The number of esters is 1. The molecule has 2 N–H and O–H groups in total. The third-order valence-electron chi connectivity index (χ3n) is 10.8. The van der Waals surface area contributed by atoms with Crippen molar-refractivity contribution in [1.82, 2.24) is 5.32 Å². The molecule has 0 radical (unpaired) electrons. The van der Waals surface area contributed by atoms with E-state index in [9.17, 15) is 19.5 Å². The number of rotatable bonds is 7. The number of ether oxygens (including phenoxy) is 5. The van der Waals surface area contributed by atoms with Gasteiger partial charge >= 0.3 is 12.1 Å². The molecule has 1 saturated carbocycles. The third-order valence-corrected chi connectivity index (χ3v) is 13.1. The van der Waals surface area contributed by atoms with Gasteiger partial charge in [-0.3, -0.25) is 14.9 Å². The number of aliphatic hydroxyl groups is 1. The average molecular weight is 767 g/mol. The smallest absolute Gasteiger partial charge is 0.409 e. The first-order chi connectivity index (χ1) is 24.2. The zero-order valence-corrected chi connectivity index (χ0v) is 32.8. The van der Waals surface area contributed by atoms with Gasteiger partial charge in [-0.05, 0) is 75.8 Å². The Labute approximate surface area is 313 Å². The molecule has 0 unspecified atom stereocenters. The van der Waals surface area contributed by atoms with Gasteiger partial charge in [0.25, 0.3) is 0 Å². The summed E-state index contributed by atoms with van der Waals surface area (Å²) in [6, 6.07) is 3.68. The number of nitrogens with zero attached hydrogens (tertiary/aromatic N) is 1. The zero-order valence-electron chi connectivity index (χ0n) is 30.4. The van der Waals surface area contributed by atoms with Gasteiger partial charge in [0.1, 0.15) is 34.7 Å². The summed E-state index contributed by atoms with van der Waals surface area (Å²) in [6.07, 6.45) is 7.17. The molecule has 2 amide bonds. The minimum atomic E-state index is -1.77. The minimum absolute atomic E-state index is 0.00963. The van der Waals surface area contributed by atoms with Crippen LogP contribution < -0.4 is 15.0 Å². The van der Waals surface area contributed by atoms with Crippen LogP contribution in [0.1, 0.15) is 64.9 Å². The highest BCUT2D eigenvalue weighted by Gasteiger charge is 2.64. The first kappa shape index (κ1) is 39.8. The van der Waals surface area contributed by atoms with E-state index in [0.29, 0.717) is 23.8 Å². The maximum absolute atomic E-state index is 14.1. The van der Waals surface area contributed by atoms with E-state index in [1.165, 1.54) is 19.1 Å². The number of methoxy groups -OCH3 is 2. The molecule has 1 aromatic rings. The molecule has 4 bridgehead atoms. The fraction of sp³-hybridized carbons (Fsp3) is 0.649. The number of anilines is 1. The number of epoxide rings is 1. The van der Waals surface area contributed by atoms with E-state index in [-0.39, 0.29) is 35.7 Å². The predicted molar refractivity (Wildman–Crippen MR) is 200 cm³/mol. The first-order valence-electron chi connectivity index (χ1n) is 17.5. The second-order valence-electron chi connectivity index (χ2n) is 14.4. The maximum Gasteiger partial charge on any atom is 0.409 e. The summed E-state index contributed by atoms with van der Waals surface area (Å²) in [6.45, 7) is 5.64. The predicted octanol–water partition coefficient (Wildman–Crippen LogP) is 6.49. The standard InChI is InChI=1S/C37H51ClN2O9S2/c1-21-9-8-10-29(46-6)37(44)19-28(47-35(43)39-37)22(2)33-36(3,49-33)30(48-34(42)25-13-11-23(12-14-25)20-51-50-7)18-31(41)40(4)26-16-24(15-21)17-27(45-5)32(26)38/h8-10,16-17,22-23,25,28-30,33,44H,11-15,18-20H2,1-7H3,(H,39,43)/b10-8+,21-9+/t22-,23?,25?,28+,29-,30+,33+,36+,37+/m1/s1. The minimum Gasteiger partial charge on any atom is -0.495 e. The number of carbonyl (C=O) groups is 3. The highest BCUT2D eigenvalue weighted by atomic mass is 35.5. The third kappa shape index (κ3) is 9.04. The van der Waals surface area contributed by atoms with Crippen LogP contribution in [0.2, 0.25) is 5.02 Å². The molecule has 0 spiro atoms. The van der Waals surface area contributed by atoms with Gasteiger partial charge in [0.15, 0.2) is 5.72 Å². The van der Waals surface area contributed by atoms with Gasteiger partial charge in [0.2, 0.25) is 5.91 Å². The van der Waals surface area contributed by atoms with Gasteiger partial charge in [0.05, 0.1) is 31.2 Å². The Bertz CT molecular complexity index is 1520. The summed E-state index contributed by atoms with van der Waals surface area (Å²) in [5.74, 6) is 0.668. The van der Waals surface area contributed by atoms with Crippen molar-refractivity contribution in [3.05, 3.63) is 46.5 Å². The van der Waals surface area contributed by atoms with Crippen LogP contribution in [0, 0.1) is 17.8 Å². The topological polar surface area (TPSA) is 136 Å². The number of carbonyl (C=O) groups excluding carboxylic acids is 3. The summed E-state index contributed by atoms with van der Waals surface area (Å²) in [5.41, 5.74) is -0.559. The molecule has 51 heavy (non-hydrogen) atoms. The number of hydrogen-bond donors (Lipinski definition) is 2. The second-order valence-corrected chi connectivity index (χ2v) is 17.4. The Hall–Kier alpha value is -2.42. The van der Waals surface area contributed by atoms with Gasteiger partial charge in [-0.1, -0.05) is 63.9 Å². The lowest BCUT2D eigenvalue weighted by Gasteiger charge is -2.42. The Balaban J connectivity index is 1.49. The molecule has 5 rings (SSSR count). The van der Waals surface area contributed by atoms with Crippen LogP contribution in [0.4, 0.5) is 10.5 Å². The molecule has 2 saturated heterocycles. The summed E-state index contributed by atoms with van der Waals surface area (Å²) in [7, 11) is 8.23. The van der Waals surface area contributed by atoms with Gasteiger partial charge in [-0.15, -0.1) is 0 Å². The first-order valence-corrected chi connectivity index (χ1v) is 20.6. The van der Waals surface area contributed by atoms with Crippen LogP contribution in [0.15, 0.2) is 35.9 Å². The SMILES string of the molecule is COc1cc2cc(c1Cl)N(C)C(=O)C[C@H](OC(=O)C1CCC(CSSC)CC1)[C@]1(C)O[C@H]1[C@H](C)[C@@H]1C[C@@](O)(NC(=O)O1)[C@H](OC)/C=C/C=C(\C)C2. The van der Waals surface area contributed by atoms with Crippen molar-refractivity contribution in [3.63, 3.8) is 0 Å². The second kappa shape index (κ2) is 16.7. The summed E-state index contributed by atoms with van der Waals surface area (Å²) >= 11 is 6.78. The van der Waals surface area contributed by atoms with Gasteiger partial charge in [-0.2, -0.15) is 0 Å². The van der Waals surface area contributed by atoms with Crippen LogP contribution in [0.3, 0.4) is 0 Å². The monoisotopic (exact) mass is 766 g/mol. The van der Waals surface area contributed by atoms with Crippen molar-refractivity contribution in [2.24, 2.45) is 17.8 Å². The van der Waals surface area contributed by atoms with E-state index in [2.05, 4.69) is 11.6 Å². The number of benzene rings is 1. The molecule has 4 aliphatic rings. The lowest BCUT2D eigenvalue weighted by atomic mass is 9.82. The van der Waals surface area contributed by atoms with Crippen LogP contribution in [-0.2, 0) is 35.0 Å². The molecule has 3 fully saturated rings. The maximum atomic E-state index is 14.1. The van der Waals surface area contributed by atoms with Gasteiger partial charge < -0.3 is 33.7 Å². The molecule has 14 heteroatoms. The normalized spacial score (nSPS) is 36.1. The number of halogens is 1. The molecule has 1 aromatic carbocycles.